The highest BCUT2D eigenvalue weighted by atomic mass is 32.2. The second-order valence-electron chi connectivity index (χ2n) is 6.10. The summed E-state index contributed by atoms with van der Waals surface area (Å²) in [5.41, 5.74) is 4.58. The van der Waals surface area contributed by atoms with E-state index >= 15 is 0 Å². The first-order valence-electron chi connectivity index (χ1n) is 8.53. The molecule has 1 N–H and O–H groups in total. The van der Waals surface area contributed by atoms with Crippen molar-refractivity contribution >= 4 is 29.0 Å². The quantitative estimate of drug-likeness (QED) is 0.527. The number of aromatic nitrogens is 3. The highest BCUT2D eigenvalue weighted by Crippen LogP contribution is 2.25. The number of benzene rings is 2. The minimum absolute atomic E-state index is 0.248. The summed E-state index contributed by atoms with van der Waals surface area (Å²) in [6.45, 7) is 1.96. The fourth-order valence-corrected chi connectivity index (χ4v) is 3.48. The van der Waals surface area contributed by atoms with E-state index in [1.807, 2.05) is 73.8 Å². The largest absolute Gasteiger partial charge is 0.320 e. The first kappa shape index (κ1) is 17.3. The van der Waals surface area contributed by atoms with Crippen LogP contribution in [0.2, 0.25) is 0 Å². The van der Waals surface area contributed by atoms with Gasteiger partial charge in [-0.05, 0) is 31.4 Å². The molecule has 134 valence electrons. The number of nitrogens with one attached hydrogen (secondary N) is 1. The second kappa shape index (κ2) is 7.25. The molecule has 0 saturated heterocycles. The van der Waals surface area contributed by atoms with Gasteiger partial charge in [0.05, 0.1) is 11.4 Å². The predicted octanol–water partition coefficient (Wildman–Crippen LogP) is 4.68. The van der Waals surface area contributed by atoms with Gasteiger partial charge in [-0.15, -0.1) is 11.8 Å². The van der Waals surface area contributed by atoms with Gasteiger partial charge in [-0.3, -0.25) is 4.79 Å². The summed E-state index contributed by atoms with van der Waals surface area (Å²) in [6, 6.07) is 21.4. The van der Waals surface area contributed by atoms with Crippen molar-refractivity contribution in [3.63, 3.8) is 0 Å². The summed E-state index contributed by atoms with van der Waals surface area (Å²) in [4.78, 5) is 18.4. The van der Waals surface area contributed by atoms with Crippen LogP contribution in [0.25, 0.3) is 16.9 Å². The number of para-hydroxylation sites is 1. The lowest BCUT2D eigenvalue weighted by molar-refractivity contribution is 0.102. The third-order valence-corrected chi connectivity index (χ3v) is 5.06. The van der Waals surface area contributed by atoms with Crippen molar-refractivity contribution in [3.05, 3.63) is 78.1 Å². The fraction of sp³-hybridized carbons (Fsp3) is 0.0952. The Balaban J connectivity index is 1.69. The summed E-state index contributed by atoms with van der Waals surface area (Å²) in [6.07, 6.45) is 1.98. The maximum absolute atomic E-state index is 12.7. The van der Waals surface area contributed by atoms with Gasteiger partial charge < -0.3 is 5.32 Å². The average molecular weight is 374 g/mol. The van der Waals surface area contributed by atoms with E-state index in [-0.39, 0.29) is 5.91 Å². The van der Waals surface area contributed by atoms with Gasteiger partial charge in [-0.1, -0.05) is 42.5 Å². The van der Waals surface area contributed by atoms with Gasteiger partial charge in [0, 0.05) is 22.2 Å². The van der Waals surface area contributed by atoms with E-state index in [0.717, 1.165) is 27.5 Å². The molecular weight excluding hydrogens is 356 g/mol. The van der Waals surface area contributed by atoms with Crippen molar-refractivity contribution in [2.75, 3.05) is 11.6 Å². The maximum atomic E-state index is 12.7. The number of anilines is 1. The van der Waals surface area contributed by atoms with Crippen LogP contribution < -0.4 is 5.32 Å². The summed E-state index contributed by atoms with van der Waals surface area (Å²) < 4.78 is 1.70. The van der Waals surface area contributed by atoms with Crippen molar-refractivity contribution in [3.8, 4) is 11.3 Å². The normalized spacial score (nSPS) is 10.9. The Morgan fingerprint density at radius 2 is 1.78 bits per heavy atom. The van der Waals surface area contributed by atoms with Crippen LogP contribution >= 0.6 is 11.8 Å². The zero-order chi connectivity index (χ0) is 18.8. The van der Waals surface area contributed by atoms with Crippen molar-refractivity contribution in [2.24, 2.45) is 0 Å². The number of hydrogen-bond acceptors (Lipinski definition) is 4. The zero-order valence-electron chi connectivity index (χ0n) is 15.0. The molecule has 0 fully saturated rings. The van der Waals surface area contributed by atoms with Crippen molar-refractivity contribution in [2.45, 2.75) is 11.8 Å². The van der Waals surface area contributed by atoms with Crippen LogP contribution in [0, 0.1) is 6.92 Å². The Hall–Kier alpha value is -3.12. The maximum Gasteiger partial charge on any atom is 0.276 e. The highest BCUT2D eigenvalue weighted by molar-refractivity contribution is 7.98. The van der Waals surface area contributed by atoms with E-state index in [1.165, 1.54) is 0 Å². The predicted molar refractivity (Wildman–Crippen MR) is 109 cm³/mol. The number of hydrogen-bond donors (Lipinski definition) is 1. The smallest absolute Gasteiger partial charge is 0.276 e. The van der Waals surface area contributed by atoms with E-state index in [9.17, 15) is 4.79 Å². The van der Waals surface area contributed by atoms with Gasteiger partial charge in [0.15, 0.2) is 11.3 Å². The summed E-state index contributed by atoms with van der Waals surface area (Å²) in [7, 11) is 0. The van der Waals surface area contributed by atoms with E-state index in [4.69, 9.17) is 0 Å². The number of fused-ring (bicyclic) bond motifs is 1. The van der Waals surface area contributed by atoms with Crippen LogP contribution in [0.4, 0.5) is 5.69 Å². The molecule has 0 unspecified atom stereocenters. The lowest BCUT2D eigenvalue weighted by Gasteiger charge is -2.07. The molecule has 0 radical (unpaired) electrons. The number of nitrogens with zero attached hydrogens (tertiary/aromatic N) is 3. The second-order valence-corrected chi connectivity index (χ2v) is 6.95. The van der Waals surface area contributed by atoms with E-state index in [0.29, 0.717) is 11.3 Å². The van der Waals surface area contributed by atoms with E-state index < -0.39 is 0 Å². The topological polar surface area (TPSA) is 59.3 Å². The van der Waals surface area contributed by atoms with Crippen LogP contribution in [0.15, 0.2) is 71.6 Å². The molecule has 4 aromatic rings. The van der Waals surface area contributed by atoms with Crippen molar-refractivity contribution in [1.82, 2.24) is 14.6 Å². The lowest BCUT2D eigenvalue weighted by atomic mass is 10.1. The van der Waals surface area contributed by atoms with Crippen LogP contribution in [-0.4, -0.2) is 26.8 Å². The molecule has 0 aliphatic carbocycles. The molecule has 0 aliphatic rings. The molecule has 0 atom stereocenters. The monoisotopic (exact) mass is 374 g/mol. The third kappa shape index (κ3) is 3.44. The standard InChI is InChI=1S/C21H18N4OS/c1-14-12-17(15-8-4-3-5-9-15)22-20-13-18(24-25(14)20)21(26)23-16-10-6-7-11-19(16)27-2/h3-13H,1-2H3,(H,23,26). The first-order chi connectivity index (χ1) is 13.2. The molecule has 0 aliphatic heterocycles. The van der Waals surface area contributed by atoms with Crippen LogP contribution in [-0.2, 0) is 0 Å². The van der Waals surface area contributed by atoms with Gasteiger partial charge in [0.2, 0.25) is 0 Å². The molecule has 5 nitrogen and oxygen atoms in total. The minimum Gasteiger partial charge on any atom is -0.320 e. The number of aryl methyl sites for hydroxylation is 1. The number of carbonyl (C=O) groups excluding carboxylic acids is 1. The summed E-state index contributed by atoms with van der Waals surface area (Å²) in [5.74, 6) is -0.248. The van der Waals surface area contributed by atoms with Gasteiger partial charge in [-0.25, -0.2) is 9.50 Å². The fourth-order valence-electron chi connectivity index (χ4n) is 2.93. The molecule has 1 amide bonds. The molecule has 6 heteroatoms. The lowest BCUT2D eigenvalue weighted by Crippen LogP contribution is -2.13. The average Bonchev–Trinajstić information content (AvgIpc) is 3.14. The molecule has 2 heterocycles. The minimum atomic E-state index is -0.248. The number of thioether (sulfide) groups is 1. The van der Waals surface area contributed by atoms with Gasteiger partial charge in [0.25, 0.3) is 5.91 Å². The Labute approximate surface area is 161 Å². The Morgan fingerprint density at radius 1 is 1.04 bits per heavy atom. The number of amides is 1. The summed E-state index contributed by atoms with van der Waals surface area (Å²) in [5, 5.41) is 7.38. The SMILES string of the molecule is CSc1ccccc1NC(=O)c1cc2nc(-c3ccccc3)cc(C)n2n1. The number of rotatable bonds is 4. The molecule has 0 bridgehead atoms. The van der Waals surface area contributed by atoms with E-state index in [1.54, 1.807) is 22.3 Å². The third-order valence-electron chi connectivity index (χ3n) is 4.26. The van der Waals surface area contributed by atoms with Crippen molar-refractivity contribution < 1.29 is 4.79 Å². The Kier molecular flexibility index (Phi) is 4.64. The zero-order valence-corrected chi connectivity index (χ0v) is 15.8. The molecule has 0 saturated carbocycles. The summed E-state index contributed by atoms with van der Waals surface area (Å²) >= 11 is 1.59. The number of carbonyl (C=O) groups is 1. The van der Waals surface area contributed by atoms with Crippen molar-refractivity contribution in [1.29, 1.82) is 0 Å². The van der Waals surface area contributed by atoms with Gasteiger partial charge >= 0.3 is 0 Å². The highest BCUT2D eigenvalue weighted by Gasteiger charge is 2.15. The van der Waals surface area contributed by atoms with Crippen LogP contribution in [0.1, 0.15) is 16.2 Å². The molecular formula is C21H18N4OS. The van der Waals surface area contributed by atoms with Gasteiger partial charge in [-0.2, -0.15) is 5.10 Å². The van der Waals surface area contributed by atoms with E-state index in [2.05, 4.69) is 15.4 Å². The van der Waals surface area contributed by atoms with Crippen LogP contribution in [0.5, 0.6) is 0 Å². The first-order valence-corrected chi connectivity index (χ1v) is 9.75. The Bertz CT molecular complexity index is 1120. The molecule has 4 rings (SSSR count). The molecule has 0 spiro atoms. The molecule has 27 heavy (non-hydrogen) atoms. The van der Waals surface area contributed by atoms with Crippen LogP contribution in [0.3, 0.4) is 0 Å². The molecule has 2 aromatic carbocycles. The Morgan fingerprint density at radius 3 is 2.56 bits per heavy atom. The van der Waals surface area contributed by atoms with Gasteiger partial charge in [0.1, 0.15) is 0 Å². The molecule has 2 aromatic heterocycles.